The van der Waals surface area contributed by atoms with E-state index in [1.165, 1.54) is 19.2 Å². The summed E-state index contributed by atoms with van der Waals surface area (Å²) in [6.07, 6.45) is 0. The summed E-state index contributed by atoms with van der Waals surface area (Å²) in [6.45, 7) is 0. The van der Waals surface area contributed by atoms with Crippen molar-refractivity contribution in [2.45, 2.75) is 4.90 Å². The molecule has 0 unspecified atom stereocenters. The van der Waals surface area contributed by atoms with Crippen molar-refractivity contribution in [3.05, 3.63) is 66.7 Å². The molecule has 9 nitrogen and oxygen atoms in total. The maximum Gasteiger partial charge on any atom is 0.263 e. The number of anilines is 3. The smallest absolute Gasteiger partial charge is 0.263 e. The van der Waals surface area contributed by atoms with Crippen LogP contribution in [-0.2, 0) is 10.0 Å². The van der Waals surface area contributed by atoms with E-state index in [-0.39, 0.29) is 16.5 Å². The Labute approximate surface area is 191 Å². The maximum atomic E-state index is 13.1. The first-order chi connectivity index (χ1) is 15.9. The van der Waals surface area contributed by atoms with E-state index < -0.39 is 10.0 Å². The summed E-state index contributed by atoms with van der Waals surface area (Å²) in [5, 5.41) is 3.13. The van der Waals surface area contributed by atoms with Crippen LogP contribution in [0.25, 0.3) is 11.0 Å². The quantitative estimate of drug-likeness (QED) is 0.397. The lowest BCUT2D eigenvalue weighted by molar-refractivity contribution is 0.395. The van der Waals surface area contributed by atoms with Crippen LogP contribution in [0.4, 0.5) is 17.3 Å². The average molecular weight is 467 g/mol. The number of hydrogen-bond acceptors (Lipinski definition) is 8. The summed E-state index contributed by atoms with van der Waals surface area (Å²) in [7, 11) is 0.581. The molecule has 4 aromatic rings. The summed E-state index contributed by atoms with van der Waals surface area (Å²) >= 11 is 0. The third-order valence-electron chi connectivity index (χ3n) is 4.77. The first-order valence-electron chi connectivity index (χ1n) is 9.85. The zero-order valence-corrected chi connectivity index (χ0v) is 19.0. The van der Waals surface area contributed by atoms with Crippen LogP contribution in [0.3, 0.4) is 0 Å². The zero-order valence-electron chi connectivity index (χ0n) is 18.2. The average Bonchev–Trinajstić information content (AvgIpc) is 2.84. The fraction of sp³-hybridized carbons (Fsp3) is 0.130. The van der Waals surface area contributed by atoms with E-state index in [1.807, 2.05) is 6.07 Å². The predicted molar refractivity (Wildman–Crippen MR) is 126 cm³/mol. The van der Waals surface area contributed by atoms with Gasteiger partial charge in [0.15, 0.2) is 11.6 Å². The van der Waals surface area contributed by atoms with E-state index in [0.29, 0.717) is 34.0 Å². The number of ether oxygens (including phenoxy) is 3. The van der Waals surface area contributed by atoms with E-state index in [2.05, 4.69) is 20.0 Å². The molecule has 0 radical (unpaired) electrons. The molecule has 0 aliphatic heterocycles. The van der Waals surface area contributed by atoms with Crippen LogP contribution in [-0.4, -0.2) is 39.7 Å². The molecule has 4 rings (SSSR count). The van der Waals surface area contributed by atoms with Gasteiger partial charge in [-0.05, 0) is 24.3 Å². The minimum atomic E-state index is -3.98. The van der Waals surface area contributed by atoms with E-state index in [1.54, 1.807) is 62.8 Å². The van der Waals surface area contributed by atoms with Gasteiger partial charge in [0.2, 0.25) is 0 Å². The van der Waals surface area contributed by atoms with Gasteiger partial charge < -0.3 is 19.5 Å². The molecule has 2 N–H and O–H groups in total. The fourth-order valence-electron chi connectivity index (χ4n) is 3.13. The minimum absolute atomic E-state index is 0.0332. The first-order valence-corrected chi connectivity index (χ1v) is 11.3. The van der Waals surface area contributed by atoms with Crippen molar-refractivity contribution in [1.82, 2.24) is 9.97 Å². The lowest BCUT2D eigenvalue weighted by Crippen LogP contribution is -2.16. The second-order valence-electron chi connectivity index (χ2n) is 6.92. The highest BCUT2D eigenvalue weighted by molar-refractivity contribution is 7.92. The number of methoxy groups -OCH3 is 3. The van der Waals surface area contributed by atoms with Crippen LogP contribution in [0.5, 0.6) is 17.2 Å². The SMILES string of the molecule is COc1cc(Nc2nc3ccccc3nc2NS(=O)(=O)c2cccc(OC)c2)cc(OC)c1. The molecule has 0 spiro atoms. The predicted octanol–water partition coefficient (Wildman–Crippen LogP) is 4.20. The van der Waals surface area contributed by atoms with E-state index >= 15 is 0 Å². The lowest BCUT2D eigenvalue weighted by atomic mass is 10.2. The van der Waals surface area contributed by atoms with E-state index in [0.717, 1.165) is 0 Å². The Hall–Kier alpha value is -4.05. The number of aromatic nitrogens is 2. The largest absolute Gasteiger partial charge is 0.497 e. The summed E-state index contributed by atoms with van der Waals surface area (Å²) in [6, 6.07) is 18.5. The molecule has 0 fully saturated rings. The number of para-hydroxylation sites is 2. The second-order valence-corrected chi connectivity index (χ2v) is 8.60. The van der Waals surface area contributed by atoms with Gasteiger partial charge in [-0.3, -0.25) is 4.72 Å². The summed E-state index contributed by atoms with van der Waals surface area (Å²) in [5.74, 6) is 1.80. The Morgan fingerprint density at radius 3 is 1.91 bits per heavy atom. The Morgan fingerprint density at radius 2 is 1.30 bits per heavy atom. The summed E-state index contributed by atoms with van der Waals surface area (Å²) in [5.41, 5.74) is 1.71. The Balaban J connectivity index is 1.78. The maximum absolute atomic E-state index is 13.1. The fourth-order valence-corrected chi connectivity index (χ4v) is 4.17. The van der Waals surface area contributed by atoms with Crippen molar-refractivity contribution >= 4 is 38.4 Å². The van der Waals surface area contributed by atoms with Crippen molar-refractivity contribution in [3.8, 4) is 17.2 Å². The second kappa shape index (κ2) is 9.21. The highest BCUT2D eigenvalue weighted by Gasteiger charge is 2.20. The van der Waals surface area contributed by atoms with Gasteiger partial charge in [-0.1, -0.05) is 18.2 Å². The molecular weight excluding hydrogens is 444 g/mol. The van der Waals surface area contributed by atoms with Gasteiger partial charge in [-0.25, -0.2) is 18.4 Å². The van der Waals surface area contributed by atoms with Crippen LogP contribution in [0, 0.1) is 0 Å². The van der Waals surface area contributed by atoms with Crippen LogP contribution < -0.4 is 24.2 Å². The van der Waals surface area contributed by atoms with Crippen molar-refractivity contribution in [2.75, 3.05) is 31.4 Å². The third kappa shape index (κ3) is 4.90. The molecule has 33 heavy (non-hydrogen) atoms. The summed E-state index contributed by atoms with van der Waals surface area (Å²) in [4.78, 5) is 9.12. The Kier molecular flexibility index (Phi) is 6.18. The van der Waals surface area contributed by atoms with Gasteiger partial charge in [-0.2, -0.15) is 0 Å². The molecule has 3 aromatic carbocycles. The Morgan fingerprint density at radius 1 is 0.697 bits per heavy atom. The third-order valence-corrected chi connectivity index (χ3v) is 6.10. The number of benzene rings is 3. The number of sulfonamides is 1. The number of nitrogens with zero attached hydrogens (tertiary/aromatic N) is 2. The molecule has 0 aliphatic carbocycles. The number of fused-ring (bicyclic) bond motifs is 1. The van der Waals surface area contributed by atoms with Gasteiger partial charge in [0.05, 0.1) is 37.3 Å². The van der Waals surface area contributed by atoms with Gasteiger partial charge in [0.25, 0.3) is 10.0 Å². The van der Waals surface area contributed by atoms with Crippen molar-refractivity contribution in [2.24, 2.45) is 0 Å². The van der Waals surface area contributed by atoms with Crippen molar-refractivity contribution < 1.29 is 22.6 Å². The van der Waals surface area contributed by atoms with Crippen LogP contribution in [0.1, 0.15) is 0 Å². The molecule has 0 saturated carbocycles. The minimum Gasteiger partial charge on any atom is -0.497 e. The molecule has 0 bridgehead atoms. The van der Waals surface area contributed by atoms with Gasteiger partial charge in [0, 0.05) is 30.0 Å². The molecular formula is C23H22N4O5S. The zero-order chi connectivity index (χ0) is 23.4. The van der Waals surface area contributed by atoms with Gasteiger partial charge in [0.1, 0.15) is 17.2 Å². The van der Waals surface area contributed by atoms with Crippen molar-refractivity contribution in [1.29, 1.82) is 0 Å². The van der Waals surface area contributed by atoms with Crippen LogP contribution in [0.2, 0.25) is 0 Å². The molecule has 0 aliphatic rings. The van der Waals surface area contributed by atoms with E-state index in [4.69, 9.17) is 14.2 Å². The Bertz CT molecular complexity index is 1390. The normalized spacial score (nSPS) is 11.1. The monoisotopic (exact) mass is 466 g/mol. The molecule has 0 saturated heterocycles. The first kappa shape index (κ1) is 22.2. The molecule has 0 atom stereocenters. The number of rotatable bonds is 8. The molecule has 170 valence electrons. The highest BCUT2D eigenvalue weighted by Crippen LogP contribution is 2.31. The molecule has 10 heteroatoms. The highest BCUT2D eigenvalue weighted by atomic mass is 32.2. The number of hydrogen-bond donors (Lipinski definition) is 2. The molecule has 1 aromatic heterocycles. The van der Waals surface area contributed by atoms with E-state index in [9.17, 15) is 8.42 Å². The van der Waals surface area contributed by atoms with Crippen LogP contribution in [0.15, 0.2) is 71.6 Å². The van der Waals surface area contributed by atoms with Gasteiger partial charge >= 0.3 is 0 Å². The van der Waals surface area contributed by atoms with Crippen molar-refractivity contribution in [3.63, 3.8) is 0 Å². The molecule has 1 heterocycles. The summed E-state index contributed by atoms with van der Waals surface area (Å²) < 4.78 is 44.5. The van der Waals surface area contributed by atoms with Gasteiger partial charge in [-0.15, -0.1) is 0 Å². The topological polar surface area (TPSA) is 112 Å². The van der Waals surface area contributed by atoms with Crippen LogP contribution >= 0.6 is 0 Å². The standard InChI is InChI=1S/C23H22N4O5S/c1-30-16-7-6-8-19(14-16)33(28,29)27-23-22(25-20-9-4-5-10-21(20)26-23)24-15-11-17(31-2)13-18(12-15)32-3/h4-14H,1-3H3,(H,24,25)(H,26,27). The number of nitrogens with one attached hydrogen (secondary N) is 2. The lowest BCUT2D eigenvalue weighted by Gasteiger charge is -2.15. The molecule has 0 amide bonds.